The standard InChI is InChI=1S/C15H23NS/c1-3-16-14(13-8-6-9-13)11-17-15-10-5-4-7-12(15)2/h4-5,7,10,13-14,16H,3,6,8-9,11H2,1-2H3. The van der Waals surface area contributed by atoms with E-state index in [9.17, 15) is 0 Å². The molecule has 94 valence electrons. The summed E-state index contributed by atoms with van der Waals surface area (Å²) >= 11 is 2.01. The van der Waals surface area contributed by atoms with Crippen LogP contribution >= 0.6 is 11.8 Å². The first-order valence-electron chi connectivity index (χ1n) is 6.73. The van der Waals surface area contributed by atoms with Crippen molar-refractivity contribution in [3.63, 3.8) is 0 Å². The van der Waals surface area contributed by atoms with Gasteiger partial charge in [-0.05, 0) is 43.9 Å². The highest BCUT2D eigenvalue weighted by molar-refractivity contribution is 7.99. The second-order valence-electron chi connectivity index (χ2n) is 4.93. The van der Waals surface area contributed by atoms with Gasteiger partial charge in [-0.2, -0.15) is 0 Å². The monoisotopic (exact) mass is 249 g/mol. The molecule has 0 radical (unpaired) electrons. The van der Waals surface area contributed by atoms with Crippen LogP contribution in [0, 0.1) is 12.8 Å². The van der Waals surface area contributed by atoms with Crippen molar-refractivity contribution < 1.29 is 0 Å². The average molecular weight is 249 g/mol. The number of hydrogen-bond donors (Lipinski definition) is 1. The van der Waals surface area contributed by atoms with Crippen LogP contribution in [0.15, 0.2) is 29.2 Å². The second-order valence-corrected chi connectivity index (χ2v) is 5.99. The summed E-state index contributed by atoms with van der Waals surface area (Å²) < 4.78 is 0. The van der Waals surface area contributed by atoms with Crippen molar-refractivity contribution in [2.75, 3.05) is 12.3 Å². The number of rotatable bonds is 6. The van der Waals surface area contributed by atoms with Crippen molar-refractivity contribution in [2.24, 2.45) is 5.92 Å². The van der Waals surface area contributed by atoms with Gasteiger partial charge >= 0.3 is 0 Å². The summed E-state index contributed by atoms with van der Waals surface area (Å²) in [4.78, 5) is 1.44. The lowest BCUT2D eigenvalue weighted by molar-refractivity contribution is 0.246. The minimum absolute atomic E-state index is 0.707. The van der Waals surface area contributed by atoms with Crippen LogP contribution in [0.5, 0.6) is 0 Å². The molecule has 0 spiro atoms. The Morgan fingerprint density at radius 3 is 2.71 bits per heavy atom. The molecule has 0 amide bonds. The zero-order chi connectivity index (χ0) is 12.1. The summed E-state index contributed by atoms with van der Waals surface area (Å²) in [7, 11) is 0. The first-order chi connectivity index (χ1) is 8.31. The summed E-state index contributed by atoms with van der Waals surface area (Å²) in [6.07, 6.45) is 4.28. The molecule has 1 N–H and O–H groups in total. The van der Waals surface area contributed by atoms with Crippen molar-refractivity contribution >= 4 is 11.8 Å². The summed E-state index contributed by atoms with van der Waals surface area (Å²) in [5.41, 5.74) is 1.40. The zero-order valence-electron chi connectivity index (χ0n) is 10.9. The molecule has 0 heterocycles. The van der Waals surface area contributed by atoms with E-state index in [4.69, 9.17) is 0 Å². The molecule has 1 unspecified atom stereocenters. The molecule has 0 aliphatic heterocycles. The van der Waals surface area contributed by atoms with Crippen LogP contribution in [0.2, 0.25) is 0 Å². The number of aryl methyl sites for hydroxylation is 1. The van der Waals surface area contributed by atoms with Gasteiger partial charge in [-0.3, -0.25) is 0 Å². The molecular weight excluding hydrogens is 226 g/mol. The fourth-order valence-electron chi connectivity index (χ4n) is 2.36. The molecular formula is C15H23NS. The highest BCUT2D eigenvalue weighted by Crippen LogP contribution is 2.33. The molecule has 1 saturated carbocycles. The maximum atomic E-state index is 3.65. The zero-order valence-corrected chi connectivity index (χ0v) is 11.7. The third-order valence-corrected chi connectivity index (χ3v) is 4.99. The molecule has 1 aliphatic rings. The van der Waals surface area contributed by atoms with Gasteiger partial charge in [-0.15, -0.1) is 11.8 Å². The van der Waals surface area contributed by atoms with Gasteiger partial charge in [0.2, 0.25) is 0 Å². The molecule has 1 nitrogen and oxygen atoms in total. The van der Waals surface area contributed by atoms with Crippen LogP contribution in [-0.4, -0.2) is 18.3 Å². The lowest BCUT2D eigenvalue weighted by Crippen LogP contribution is -2.41. The molecule has 1 aromatic rings. The van der Waals surface area contributed by atoms with Gasteiger partial charge in [0.05, 0.1) is 0 Å². The Hall–Kier alpha value is -0.470. The minimum Gasteiger partial charge on any atom is -0.313 e. The predicted molar refractivity (Wildman–Crippen MR) is 76.7 cm³/mol. The number of thioether (sulfide) groups is 1. The van der Waals surface area contributed by atoms with Gasteiger partial charge in [-0.1, -0.05) is 31.5 Å². The van der Waals surface area contributed by atoms with Gasteiger partial charge in [0, 0.05) is 16.7 Å². The third-order valence-electron chi connectivity index (χ3n) is 3.70. The molecule has 0 bridgehead atoms. The van der Waals surface area contributed by atoms with E-state index in [0.717, 1.165) is 12.5 Å². The maximum Gasteiger partial charge on any atom is 0.0189 e. The van der Waals surface area contributed by atoms with E-state index in [0.29, 0.717) is 6.04 Å². The Bertz CT molecular complexity index is 347. The van der Waals surface area contributed by atoms with Gasteiger partial charge in [0.25, 0.3) is 0 Å². The van der Waals surface area contributed by atoms with Crippen molar-refractivity contribution in [1.82, 2.24) is 5.32 Å². The van der Waals surface area contributed by atoms with Crippen molar-refractivity contribution in [3.05, 3.63) is 29.8 Å². The van der Waals surface area contributed by atoms with Crippen molar-refractivity contribution in [3.8, 4) is 0 Å². The third kappa shape index (κ3) is 3.49. The molecule has 1 aromatic carbocycles. The molecule has 0 saturated heterocycles. The van der Waals surface area contributed by atoms with E-state index in [-0.39, 0.29) is 0 Å². The summed E-state index contributed by atoms with van der Waals surface area (Å²) in [5.74, 6) is 2.13. The highest BCUT2D eigenvalue weighted by Gasteiger charge is 2.26. The van der Waals surface area contributed by atoms with E-state index < -0.39 is 0 Å². The smallest absolute Gasteiger partial charge is 0.0189 e. The fourth-order valence-corrected chi connectivity index (χ4v) is 3.58. The molecule has 2 rings (SSSR count). The second kappa shape index (κ2) is 6.46. The maximum absolute atomic E-state index is 3.65. The van der Waals surface area contributed by atoms with E-state index >= 15 is 0 Å². The largest absolute Gasteiger partial charge is 0.313 e. The summed E-state index contributed by atoms with van der Waals surface area (Å²) in [5, 5.41) is 3.65. The van der Waals surface area contributed by atoms with E-state index in [1.54, 1.807) is 0 Å². The Morgan fingerprint density at radius 1 is 1.35 bits per heavy atom. The Labute approximate surface area is 109 Å². The Morgan fingerprint density at radius 2 is 2.12 bits per heavy atom. The molecule has 1 aliphatic carbocycles. The van der Waals surface area contributed by atoms with Crippen LogP contribution in [0.25, 0.3) is 0 Å². The van der Waals surface area contributed by atoms with Gasteiger partial charge < -0.3 is 5.32 Å². The Kier molecular flexibility index (Phi) is 4.93. The minimum atomic E-state index is 0.707. The topological polar surface area (TPSA) is 12.0 Å². The SMILES string of the molecule is CCNC(CSc1ccccc1C)C1CCC1. The lowest BCUT2D eigenvalue weighted by atomic mass is 9.80. The average Bonchev–Trinajstić information content (AvgIpc) is 2.25. The summed E-state index contributed by atoms with van der Waals surface area (Å²) in [6, 6.07) is 9.41. The van der Waals surface area contributed by atoms with Crippen LogP contribution < -0.4 is 5.32 Å². The van der Waals surface area contributed by atoms with Gasteiger partial charge in [-0.25, -0.2) is 0 Å². The van der Waals surface area contributed by atoms with Crippen molar-refractivity contribution in [2.45, 2.75) is 44.0 Å². The number of benzene rings is 1. The number of nitrogens with one attached hydrogen (secondary N) is 1. The van der Waals surface area contributed by atoms with E-state index in [1.165, 1.54) is 35.5 Å². The normalized spacial score (nSPS) is 17.8. The van der Waals surface area contributed by atoms with Crippen LogP contribution in [0.3, 0.4) is 0 Å². The number of hydrogen-bond acceptors (Lipinski definition) is 2. The first-order valence-corrected chi connectivity index (χ1v) is 7.71. The molecule has 1 fully saturated rings. The quantitative estimate of drug-likeness (QED) is 0.768. The van der Waals surface area contributed by atoms with Crippen LogP contribution in [-0.2, 0) is 0 Å². The highest BCUT2D eigenvalue weighted by atomic mass is 32.2. The van der Waals surface area contributed by atoms with Crippen molar-refractivity contribution in [1.29, 1.82) is 0 Å². The van der Waals surface area contributed by atoms with Gasteiger partial charge in [0.1, 0.15) is 0 Å². The Balaban J connectivity index is 1.88. The molecule has 2 heteroatoms. The first kappa shape index (κ1) is 13.0. The molecule has 17 heavy (non-hydrogen) atoms. The van der Waals surface area contributed by atoms with E-state index in [2.05, 4.69) is 43.4 Å². The van der Waals surface area contributed by atoms with Crippen LogP contribution in [0.1, 0.15) is 31.7 Å². The predicted octanol–water partition coefficient (Wildman–Crippen LogP) is 3.87. The molecule has 1 atom stereocenters. The van der Waals surface area contributed by atoms with Crippen LogP contribution in [0.4, 0.5) is 0 Å². The molecule has 0 aromatic heterocycles. The summed E-state index contributed by atoms with van der Waals surface area (Å²) in [6.45, 7) is 5.51. The van der Waals surface area contributed by atoms with Gasteiger partial charge in [0.15, 0.2) is 0 Å². The fraction of sp³-hybridized carbons (Fsp3) is 0.600. The lowest BCUT2D eigenvalue weighted by Gasteiger charge is -2.34. The van der Waals surface area contributed by atoms with E-state index in [1.807, 2.05) is 11.8 Å².